The van der Waals surface area contributed by atoms with Crippen molar-refractivity contribution in [3.63, 3.8) is 0 Å². The second kappa shape index (κ2) is 5.89. The van der Waals surface area contributed by atoms with Gasteiger partial charge in [-0.25, -0.2) is 10.8 Å². The van der Waals surface area contributed by atoms with Crippen molar-refractivity contribution in [2.45, 2.75) is 13.5 Å². The van der Waals surface area contributed by atoms with Crippen LogP contribution in [0.3, 0.4) is 0 Å². The Kier molecular flexibility index (Phi) is 4.01. The van der Waals surface area contributed by atoms with Crippen LogP contribution >= 0.6 is 0 Å². The summed E-state index contributed by atoms with van der Waals surface area (Å²) >= 11 is 0. The maximum absolute atomic E-state index is 10.9. The lowest BCUT2D eigenvalue weighted by Gasteiger charge is -2.07. The first-order valence-electron chi connectivity index (χ1n) is 5.74. The molecule has 0 spiro atoms. The van der Waals surface area contributed by atoms with Crippen molar-refractivity contribution in [1.82, 2.24) is 15.0 Å². The number of anilines is 2. The summed E-state index contributed by atoms with van der Waals surface area (Å²) < 4.78 is 0. The SMILES string of the molecule is Cc1cccc(CNc2nc(NN)ncc2[N+](=O)[O-])n1. The van der Waals surface area contributed by atoms with Gasteiger partial charge >= 0.3 is 5.69 Å². The van der Waals surface area contributed by atoms with Gasteiger partial charge < -0.3 is 5.32 Å². The van der Waals surface area contributed by atoms with Crippen LogP contribution < -0.4 is 16.6 Å². The molecule has 0 fully saturated rings. The van der Waals surface area contributed by atoms with Crippen LogP contribution in [0.4, 0.5) is 17.5 Å². The molecular weight excluding hydrogens is 262 g/mol. The fourth-order valence-corrected chi connectivity index (χ4v) is 1.58. The Labute approximate surface area is 114 Å². The molecule has 0 atom stereocenters. The summed E-state index contributed by atoms with van der Waals surface area (Å²) in [7, 11) is 0. The number of aromatic nitrogens is 3. The molecule has 2 heterocycles. The number of hydrazine groups is 1. The first-order chi connectivity index (χ1) is 9.60. The zero-order valence-corrected chi connectivity index (χ0v) is 10.7. The Hall–Kier alpha value is -2.81. The van der Waals surface area contributed by atoms with Crippen molar-refractivity contribution in [1.29, 1.82) is 0 Å². The second-order valence-corrected chi connectivity index (χ2v) is 3.95. The molecule has 2 aromatic rings. The highest BCUT2D eigenvalue weighted by Gasteiger charge is 2.16. The number of nitrogens with two attached hydrogens (primary N) is 1. The van der Waals surface area contributed by atoms with Crippen molar-refractivity contribution in [3.05, 3.63) is 45.9 Å². The Morgan fingerprint density at radius 3 is 2.85 bits per heavy atom. The third-order valence-electron chi connectivity index (χ3n) is 2.48. The van der Waals surface area contributed by atoms with Crippen molar-refractivity contribution in [2.24, 2.45) is 5.84 Å². The van der Waals surface area contributed by atoms with E-state index in [-0.39, 0.29) is 17.5 Å². The standard InChI is InChI=1S/C11H13N7O2/c1-7-3-2-4-8(15-7)5-13-10-9(18(19)20)6-14-11(16-10)17-12/h2-4,6H,5,12H2,1H3,(H2,13,14,16,17). The van der Waals surface area contributed by atoms with E-state index in [1.807, 2.05) is 25.1 Å². The summed E-state index contributed by atoms with van der Waals surface area (Å²) in [5.41, 5.74) is 3.63. The van der Waals surface area contributed by atoms with Crippen LogP contribution in [0.1, 0.15) is 11.4 Å². The topological polar surface area (TPSA) is 132 Å². The van der Waals surface area contributed by atoms with Crippen molar-refractivity contribution in [3.8, 4) is 0 Å². The van der Waals surface area contributed by atoms with Crippen molar-refractivity contribution in [2.75, 3.05) is 10.7 Å². The molecule has 0 aromatic carbocycles. The summed E-state index contributed by atoms with van der Waals surface area (Å²) in [5, 5.41) is 13.8. The van der Waals surface area contributed by atoms with Gasteiger partial charge in [0.2, 0.25) is 11.8 Å². The highest BCUT2D eigenvalue weighted by atomic mass is 16.6. The lowest BCUT2D eigenvalue weighted by Crippen LogP contribution is -2.13. The molecule has 2 aromatic heterocycles. The molecule has 20 heavy (non-hydrogen) atoms. The summed E-state index contributed by atoms with van der Waals surface area (Å²) in [6, 6.07) is 5.54. The van der Waals surface area contributed by atoms with Gasteiger partial charge in [0.15, 0.2) is 0 Å². The van der Waals surface area contributed by atoms with Gasteiger partial charge in [0.05, 0.1) is 17.2 Å². The average Bonchev–Trinajstić information content (AvgIpc) is 2.44. The van der Waals surface area contributed by atoms with Crippen LogP contribution in [0.2, 0.25) is 0 Å². The highest BCUT2D eigenvalue weighted by molar-refractivity contribution is 5.56. The molecule has 2 rings (SSSR count). The fourth-order valence-electron chi connectivity index (χ4n) is 1.58. The van der Waals surface area contributed by atoms with E-state index < -0.39 is 4.92 Å². The predicted molar refractivity (Wildman–Crippen MR) is 72.8 cm³/mol. The van der Waals surface area contributed by atoms with Crippen LogP contribution in [0.5, 0.6) is 0 Å². The molecule has 0 bridgehead atoms. The minimum absolute atomic E-state index is 0.0845. The molecular formula is C11H13N7O2. The molecule has 4 N–H and O–H groups in total. The molecule has 0 amide bonds. The Balaban J connectivity index is 2.21. The summed E-state index contributed by atoms with van der Waals surface area (Å²) in [6.45, 7) is 2.18. The molecule has 9 heteroatoms. The number of nitrogens with one attached hydrogen (secondary N) is 2. The van der Waals surface area contributed by atoms with E-state index in [1.54, 1.807) is 0 Å². The molecule has 0 saturated heterocycles. The van der Waals surface area contributed by atoms with E-state index in [1.165, 1.54) is 0 Å². The monoisotopic (exact) mass is 275 g/mol. The predicted octanol–water partition coefficient (Wildman–Crippen LogP) is 0.986. The molecule has 0 unspecified atom stereocenters. The van der Waals surface area contributed by atoms with Gasteiger partial charge in [0, 0.05) is 5.69 Å². The van der Waals surface area contributed by atoms with E-state index >= 15 is 0 Å². The molecule has 0 saturated carbocycles. The number of rotatable bonds is 5. The van der Waals surface area contributed by atoms with E-state index in [0.29, 0.717) is 6.54 Å². The average molecular weight is 275 g/mol. The minimum Gasteiger partial charge on any atom is -0.359 e. The first kappa shape index (κ1) is 13.6. The van der Waals surface area contributed by atoms with Gasteiger partial charge in [0.25, 0.3) is 0 Å². The smallest absolute Gasteiger partial charge is 0.329 e. The number of nitrogens with zero attached hydrogens (tertiary/aromatic N) is 4. The van der Waals surface area contributed by atoms with Crippen LogP contribution in [0.25, 0.3) is 0 Å². The summed E-state index contributed by atoms with van der Waals surface area (Å²) in [5.74, 6) is 5.36. The second-order valence-electron chi connectivity index (χ2n) is 3.95. The number of hydrogen-bond acceptors (Lipinski definition) is 8. The first-order valence-corrected chi connectivity index (χ1v) is 5.74. The van der Waals surface area contributed by atoms with E-state index in [9.17, 15) is 10.1 Å². The van der Waals surface area contributed by atoms with Crippen molar-refractivity contribution >= 4 is 17.5 Å². The van der Waals surface area contributed by atoms with Gasteiger partial charge in [0.1, 0.15) is 6.20 Å². The van der Waals surface area contributed by atoms with E-state index in [2.05, 4.69) is 25.7 Å². The molecule has 0 aliphatic carbocycles. The summed E-state index contributed by atoms with van der Waals surface area (Å²) in [6.07, 6.45) is 1.09. The number of pyridine rings is 1. The third-order valence-corrected chi connectivity index (χ3v) is 2.48. The number of aryl methyl sites for hydroxylation is 1. The van der Waals surface area contributed by atoms with Crippen LogP contribution in [-0.2, 0) is 6.54 Å². The lowest BCUT2D eigenvalue weighted by molar-refractivity contribution is -0.384. The number of nitro groups is 1. The molecule has 0 aliphatic rings. The molecule has 9 nitrogen and oxygen atoms in total. The van der Waals surface area contributed by atoms with E-state index in [0.717, 1.165) is 17.6 Å². The zero-order valence-electron chi connectivity index (χ0n) is 10.7. The Bertz CT molecular complexity index is 632. The summed E-state index contributed by atoms with van der Waals surface area (Å²) in [4.78, 5) is 22.3. The van der Waals surface area contributed by atoms with Crippen LogP contribution in [0, 0.1) is 17.0 Å². The molecule has 0 radical (unpaired) electrons. The third kappa shape index (κ3) is 3.14. The van der Waals surface area contributed by atoms with Crippen LogP contribution in [0.15, 0.2) is 24.4 Å². The van der Waals surface area contributed by atoms with Gasteiger partial charge in [-0.15, -0.1) is 0 Å². The molecule has 0 aliphatic heterocycles. The maximum Gasteiger partial charge on any atom is 0.329 e. The Morgan fingerprint density at radius 2 is 2.20 bits per heavy atom. The number of nitrogen functional groups attached to an aromatic ring is 1. The van der Waals surface area contributed by atoms with Gasteiger partial charge in [-0.2, -0.15) is 4.98 Å². The Morgan fingerprint density at radius 1 is 1.40 bits per heavy atom. The quantitative estimate of drug-likeness (QED) is 0.418. The minimum atomic E-state index is -0.563. The van der Waals surface area contributed by atoms with Crippen LogP contribution in [-0.4, -0.2) is 19.9 Å². The molecule has 104 valence electrons. The maximum atomic E-state index is 10.9. The van der Waals surface area contributed by atoms with Crippen molar-refractivity contribution < 1.29 is 4.92 Å². The fraction of sp³-hybridized carbons (Fsp3) is 0.182. The zero-order chi connectivity index (χ0) is 14.5. The largest absolute Gasteiger partial charge is 0.359 e. The van der Waals surface area contributed by atoms with E-state index in [4.69, 9.17) is 5.84 Å². The van der Waals surface area contributed by atoms with Gasteiger partial charge in [-0.3, -0.25) is 20.5 Å². The number of hydrogen-bond donors (Lipinski definition) is 3. The highest BCUT2D eigenvalue weighted by Crippen LogP contribution is 2.22. The lowest BCUT2D eigenvalue weighted by atomic mass is 10.3. The van der Waals surface area contributed by atoms with Gasteiger partial charge in [-0.1, -0.05) is 6.07 Å². The normalized spacial score (nSPS) is 10.1. The van der Waals surface area contributed by atoms with Gasteiger partial charge in [-0.05, 0) is 19.1 Å².